The van der Waals surface area contributed by atoms with Gasteiger partial charge in [-0.15, -0.1) is 0 Å². The number of aryl methyl sites for hydroxylation is 1. The third kappa shape index (κ3) is 6.82. The normalized spacial score (nSPS) is 18.4. The molecule has 10 heteroatoms. The third-order valence-corrected chi connectivity index (χ3v) is 5.65. The van der Waals surface area contributed by atoms with E-state index in [2.05, 4.69) is 0 Å². The van der Waals surface area contributed by atoms with Crippen LogP contribution in [0.15, 0.2) is 42.5 Å². The van der Waals surface area contributed by atoms with Crippen molar-refractivity contribution in [1.29, 1.82) is 0 Å². The molecule has 1 amide bonds. The SMILES string of the molecule is COC(=O)c1c(OC[C@H]2C[C@H](OCc3ccccc3)CN2C(=O)O)cc(C)cc1OC(C)C(F)F. The number of likely N-dealkylation sites (tertiary alicyclic amines) is 1. The molecule has 0 bridgehead atoms. The number of halogens is 2. The van der Waals surface area contributed by atoms with Gasteiger partial charge in [0.1, 0.15) is 23.7 Å². The van der Waals surface area contributed by atoms with Crippen LogP contribution in [0.5, 0.6) is 11.5 Å². The van der Waals surface area contributed by atoms with E-state index in [1.165, 1.54) is 17.9 Å². The molecule has 1 aliphatic rings. The summed E-state index contributed by atoms with van der Waals surface area (Å²) in [7, 11) is 1.16. The first-order valence-corrected chi connectivity index (χ1v) is 11.1. The molecule has 2 aromatic carbocycles. The van der Waals surface area contributed by atoms with Crippen LogP contribution in [0.2, 0.25) is 0 Å². The van der Waals surface area contributed by atoms with Crippen LogP contribution in [0.1, 0.15) is 34.8 Å². The van der Waals surface area contributed by atoms with Crippen molar-refractivity contribution < 1.29 is 42.4 Å². The minimum atomic E-state index is -2.76. The van der Waals surface area contributed by atoms with Crippen molar-refractivity contribution >= 4 is 12.1 Å². The lowest BCUT2D eigenvalue weighted by molar-refractivity contribution is 0.0208. The van der Waals surface area contributed by atoms with Crippen molar-refractivity contribution in [3.8, 4) is 11.5 Å². The topological polar surface area (TPSA) is 94.5 Å². The van der Waals surface area contributed by atoms with Crippen LogP contribution < -0.4 is 9.47 Å². The Morgan fingerprint density at radius 2 is 1.86 bits per heavy atom. The van der Waals surface area contributed by atoms with Gasteiger partial charge in [-0.25, -0.2) is 18.4 Å². The summed E-state index contributed by atoms with van der Waals surface area (Å²) in [6.45, 7) is 3.33. The summed E-state index contributed by atoms with van der Waals surface area (Å²) < 4.78 is 48.0. The number of rotatable bonds is 10. The molecule has 1 heterocycles. The van der Waals surface area contributed by atoms with Crippen molar-refractivity contribution in [3.05, 3.63) is 59.2 Å². The Bertz CT molecular complexity index is 1020. The number of nitrogens with zero attached hydrogens (tertiary/aromatic N) is 1. The number of ether oxygens (including phenoxy) is 4. The van der Waals surface area contributed by atoms with Crippen molar-refractivity contribution in [2.75, 3.05) is 20.3 Å². The molecule has 0 saturated carbocycles. The quantitative estimate of drug-likeness (QED) is 0.486. The van der Waals surface area contributed by atoms with Gasteiger partial charge in [0.25, 0.3) is 6.43 Å². The smallest absolute Gasteiger partial charge is 0.407 e. The predicted molar refractivity (Wildman–Crippen MR) is 122 cm³/mol. The Balaban J connectivity index is 1.75. The summed E-state index contributed by atoms with van der Waals surface area (Å²) in [5.74, 6) is -0.848. The molecule has 0 aliphatic carbocycles. The van der Waals surface area contributed by atoms with Crippen LogP contribution in [0.3, 0.4) is 0 Å². The number of benzene rings is 2. The number of amides is 1. The molecule has 0 radical (unpaired) electrons. The highest BCUT2D eigenvalue weighted by Gasteiger charge is 2.37. The highest BCUT2D eigenvalue weighted by Crippen LogP contribution is 2.33. The fraction of sp³-hybridized carbons (Fsp3) is 0.440. The second-order valence-corrected chi connectivity index (χ2v) is 8.34. The Kier molecular flexibility index (Phi) is 8.86. The lowest BCUT2D eigenvalue weighted by Crippen LogP contribution is -2.38. The van der Waals surface area contributed by atoms with E-state index in [1.807, 2.05) is 30.3 Å². The van der Waals surface area contributed by atoms with Crippen LogP contribution in [0, 0.1) is 6.92 Å². The monoisotopic (exact) mass is 493 g/mol. The number of carbonyl (C=O) groups excluding carboxylic acids is 1. The summed E-state index contributed by atoms with van der Waals surface area (Å²) in [4.78, 5) is 25.5. The fourth-order valence-electron chi connectivity index (χ4n) is 3.84. The lowest BCUT2D eigenvalue weighted by atomic mass is 10.1. The zero-order chi connectivity index (χ0) is 25.5. The van der Waals surface area contributed by atoms with Gasteiger partial charge in [-0.3, -0.25) is 4.90 Å². The average molecular weight is 494 g/mol. The molecule has 1 unspecified atom stereocenters. The van der Waals surface area contributed by atoms with Gasteiger partial charge in [-0.1, -0.05) is 30.3 Å². The molecule has 1 saturated heterocycles. The molecule has 190 valence electrons. The van der Waals surface area contributed by atoms with E-state index in [4.69, 9.17) is 18.9 Å². The first-order valence-electron chi connectivity index (χ1n) is 11.1. The van der Waals surface area contributed by atoms with Crippen LogP contribution in [0.25, 0.3) is 0 Å². The fourth-order valence-corrected chi connectivity index (χ4v) is 3.84. The minimum Gasteiger partial charge on any atom is -0.490 e. The van der Waals surface area contributed by atoms with Crippen molar-refractivity contribution in [2.24, 2.45) is 0 Å². The Hall–Kier alpha value is -3.40. The standard InChI is InChI=1S/C25H29F2NO7/c1-15-9-20(22(24(29)32-3)21(10-15)35-16(2)23(26)27)34-14-18-11-19(12-28(18)25(30)31)33-13-17-7-5-4-6-8-17/h4-10,16,18-19,23H,11-14H2,1-3H3,(H,30,31)/t16?,18-,19+/m1/s1. The molecule has 3 rings (SSSR count). The van der Waals surface area contributed by atoms with Crippen molar-refractivity contribution in [3.63, 3.8) is 0 Å². The number of carboxylic acid groups (broad SMARTS) is 1. The molecule has 0 spiro atoms. The van der Waals surface area contributed by atoms with Gasteiger partial charge in [0, 0.05) is 0 Å². The van der Waals surface area contributed by atoms with E-state index in [0.717, 1.165) is 12.7 Å². The maximum absolute atomic E-state index is 13.1. The molecule has 2 aromatic rings. The number of hydrogen-bond acceptors (Lipinski definition) is 6. The molecule has 3 atom stereocenters. The number of esters is 1. The maximum atomic E-state index is 13.1. The van der Waals surface area contributed by atoms with E-state index < -0.39 is 30.6 Å². The van der Waals surface area contributed by atoms with Gasteiger partial charge in [0.05, 0.1) is 32.4 Å². The van der Waals surface area contributed by atoms with Gasteiger partial charge in [-0.2, -0.15) is 0 Å². The zero-order valence-electron chi connectivity index (χ0n) is 19.8. The van der Waals surface area contributed by atoms with Gasteiger partial charge in [-0.05, 0) is 43.5 Å². The van der Waals surface area contributed by atoms with E-state index in [0.29, 0.717) is 18.6 Å². The van der Waals surface area contributed by atoms with Crippen LogP contribution in [0.4, 0.5) is 13.6 Å². The predicted octanol–water partition coefficient (Wildman–Crippen LogP) is 4.53. The van der Waals surface area contributed by atoms with Gasteiger partial charge < -0.3 is 24.1 Å². The highest BCUT2D eigenvalue weighted by atomic mass is 19.3. The van der Waals surface area contributed by atoms with Gasteiger partial charge in [0.15, 0.2) is 6.10 Å². The van der Waals surface area contributed by atoms with Crippen molar-refractivity contribution in [1.82, 2.24) is 4.90 Å². The summed E-state index contributed by atoms with van der Waals surface area (Å²) in [5.41, 5.74) is 1.44. The number of carbonyl (C=O) groups is 2. The first-order chi connectivity index (χ1) is 16.7. The lowest BCUT2D eigenvalue weighted by Gasteiger charge is -2.23. The van der Waals surface area contributed by atoms with Gasteiger partial charge >= 0.3 is 12.1 Å². The van der Waals surface area contributed by atoms with E-state index in [-0.39, 0.29) is 36.3 Å². The van der Waals surface area contributed by atoms with Crippen LogP contribution in [-0.2, 0) is 16.1 Å². The second kappa shape index (κ2) is 11.8. The molecule has 1 fully saturated rings. The largest absolute Gasteiger partial charge is 0.490 e. The van der Waals surface area contributed by atoms with Crippen LogP contribution in [-0.4, -0.2) is 67.0 Å². The number of hydrogen-bond donors (Lipinski definition) is 1. The Morgan fingerprint density at radius 3 is 2.49 bits per heavy atom. The molecule has 1 aliphatic heterocycles. The van der Waals surface area contributed by atoms with Gasteiger partial charge in [0.2, 0.25) is 0 Å². The third-order valence-electron chi connectivity index (χ3n) is 5.65. The number of methoxy groups -OCH3 is 1. The summed E-state index contributed by atoms with van der Waals surface area (Å²) >= 11 is 0. The molecule has 8 nitrogen and oxygen atoms in total. The second-order valence-electron chi connectivity index (χ2n) is 8.34. The van der Waals surface area contributed by atoms with E-state index in [9.17, 15) is 23.5 Å². The summed E-state index contributed by atoms with van der Waals surface area (Å²) in [5, 5.41) is 9.65. The Morgan fingerprint density at radius 1 is 1.17 bits per heavy atom. The molecule has 1 N–H and O–H groups in total. The molecule has 0 aromatic heterocycles. The average Bonchev–Trinajstić information content (AvgIpc) is 3.25. The zero-order valence-corrected chi connectivity index (χ0v) is 19.8. The van der Waals surface area contributed by atoms with E-state index >= 15 is 0 Å². The Labute approximate surface area is 202 Å². The first kappa shape index (κ1) is 26.2. The van der Waals surface area contributed by atoms with Crippen molar-refractivity contribution in [2.45, 2.75) is 51.6 Å². The minimum absolute atomic E-state index is 0.0623. The summed E-state index contributed by atoms with van der Waals surface area (Å²) in [6.07, 6.45) is -5.28. The maximum Gasteiger partial charge on any atom is 0.407 e. The number of alkyl halides is 2. The molecular formula is C25H29F2NO7. The summed E-state index contributed by atoms with van der Waals surface area (Å²) in [6, 6.07) is 12.0. The van der Waals surface area contributed by atoms with Crippen LogP contribution >= 0.6 is 0 Å². The van der Waals surface area contributed by atoms with E-state index in [1.54, 1.807) is 13.0 Å². The molecular weight excluding hydrogens is 464 g/mol. The molecule has 35 heavy (non-hydrogen) atoms. The highest BCUT2D eigenvalue weighted by molar-refractivity contribution is 5.95.